The molecule has 1 unspecified atom stereocenters. The van der Waals surface area contributed by atoms with Gasteiger partial charge in [-0.25, -0.2) is 4.98 Å². The van der Waals surface area contributed by atoms with Gasteiger partial charge in [0, 0.05) is 25.2 Å². The van der Waals surface area contributed by atoms with Crippen LogP contribution in [0, 0.1) is 0 Å². The zero-order valence-electron chi connectivity index (χ0n) is 7.66. The molecule has 72 valence electrons. The van der Waals surface area contributed by atoms with E-state index in [0.29, 0.717) is 25.1 Å². The van der Waals surface area contributed by atoms with E-state index in [2.05, 4.69) is 9.97 Å². The first-order valence-corrected chi connectivity index (χ1v) is 4.43. The summed E-state index contributed by atoms with van der Waals surface area (Å²) in [6, 6.07) is 0. The van der Waals surface area contributed by atoms with Gasteiger partial charge >= 0.3 is 0 Å². The number of carbonyl (C=O) groups excluding carboxylic acids is 1. The van der Waals surface area contributed by atoms with Crippen molar-refractivity contribution in [1.82, 2.24) is 9.97 Å². The monoisotopic (exact) mass is 182 g/mol. The maximum absolute atomic E-state index is 10.9. The van der Waals surface area contributed by atoms with Gasteiger partial charge < -0.3 is 10.1 Å². The van der Waals surface area contributed by atoms with Gasteiger partial charge in [0.2, 0.25) is 0 Å². The van der Waals surface area contributed by atoms with Crippen molar-refractivity contribution in [3.05, 3.63) is 18.2 Å². The van der Waals surface area contributed by atoms with Gasteiger partial charge in [0.25, 0.3) is 0 Å². The molecule has 1 rings (SSSR count). The van der Waals surface area contributed by atoms with E-state index >= 15 is 0 Å². The molecular formula is C9H14N2O2. The molecule has 1 atom stereocenters. The lowest BCUT2D eigenvalue weighted by atomic mass is 10.1. The van der Waals surface area contributed by atoms with Crippen LogP contribution in [-0.4, -0.2) is 20.9 Å². The number of aromatic nitrogens is 2. The highest BCUT2D eigenvalue weighted by Gasteiger charge is 2.10. The van der Waals surface area contributed by atoms with Gasteiger partial charge in [0.1, 0.15) is 17.7 Å². The normalized spacial score (nSPS) is 12.8. The number of nitrogens with one attached hydrogen (secondary N) is 1. The minimum absolute atomic E-state index is 0.172. The van der Waals surface area contributed by atoms with E-state index in [4.69, 9.17) is 0 Å². The number of aromatic amines is 1. The van der Waals surface area contributed by atoms with Gasteiger partial charge in [-0.2, -0.15) is 0 Å². The van der Waals surface area contributed by atoms with Crippen molar-refractivity contribution in [3.63, 3.8) is 0 Å². The van der Waals surface area contributed by atoms with Crippen LogP contribution in [0.2, 0.25) is 0 Å². The lowest BCUT2D eigenvalue weighted by Gasteiger charge is -2.05. The molecule has 0 bridgehead atoms. The van der Waals surface area contributed by atoms with E-state index in [1.165, 1.54) is 0 Å². The van der Waals surface area contributed by atoms with Gasteiger partial charge in [-0.05, 0) is 6.42 Å². The summed E-state index contributed by atoms with van der Waals surface area (Å²) in [6.07, 6.45) is 3.98. The van der Waals surface area contributed by atoms with Crippen molar-refractivity contribution in [2.75, 3.05) is 0 Å². The molecule has 1 heterocycles. The number of rotatable bonds is 5. The molecular weight excluding hydrogens is 168 g/mol. The van der Waals surface area contributed by atoms with Crippen LogP contribution in [0.4, 0.5) is 0 Å². The number of imidazole rings is 1. The molecule has 2 N–H and O–H groups in total. The molecule has 0 aromatic carbocycles. The summed E-state index contributed by atoms with van der Waals surface area (Å²) >= 11 is 0. The average Bonchev–Trinajstić information content (AvgIpc) is 2.66. The summed E-state index contributed by atoms with van der Waals surface area (Å²) < 4.78 is 0. The maximum Gasteiger partial charge on any atom is 0.135 e. The van der Waals surface area contributed by atoms with Gasteiger partial charge in [0.15, 0.2) is 0 Å². The van der Waals surface area contributed by atoms with E-state index in [0.717, 1.165) is 0 Å². The summed E-state index contributed by atoms with van der Waals surface area (Å²) in [5.41, 5.74) is 0. The van der Waals surface area contributed by atoms with Gasteiger partial charge in [-0.15, -0.1) is 0 Å². The third-order valence-corrected chi connectivity index (χ3v) is 1.93. The number of nitrogens with zero attached hydrogens (tertiary/aromatic N) is 1. The Morgan fingerprint density at radius 3 is 3.08 bits per heavy atom. The molecule has 0 radical (unpaired) electrons. The van der Waals surface area contributed by atoms with Crippen molar-refractivity contribution in [3.8, 4) is 0 Å². The Kier molecular flexibility index (Phi) is 3.64. The number of Topliss-reactive ketones (excluding diaryl/α,β-unsaturated/α-hetero) is 1. The molecule has 0 aliphatic carbocycles. The molecule has 4 heteroatoms. The first kappa shape index (κ1) is 9.92. The summed E-state index contributed by atoms with van der Waals surface area (Å²) in [5, 5.41) is 9.51. The molecule has 0 aliphatic rings. The van der Waals surface area contributed by atoms with E-state index in [1.807, 2.05) is 6.92 Å². The van der Waals surface area contributed by atoms with E-state index < -0.39 is 6.10 Å². The Labute approximate surface area is 77.0 Å². The second kappa shape index (κ2) is 4.77. The minimum Gasteiger partial charge on any atom is -0.385 e. The summed E-state index contributed by atoms with van der Waals surface area (Å²) in [7, 11) is 0. The zero-order chi connectivity index (χ0) is 9.68. The fourth-order valence-corrected chi connectivity index (χ4v) is 1.07. The molecule has 1 aromatic heterocycles. The highest BCUT2D eigenvalue weighted by Crippen LogP contribution is 2.13. The third kappa shape index (κ3) is 2.99. The Morgan fingerprint density at radius 1 is 1.77 bits per heavy atom. The van der Waals surface area contributed by atoms with Crippen LogP contribution in [0.3, 0.4) is 0 Å². The van der Waals surface area contributed by atoms with Crippen molar-refractivity contribution >= 4 is 5.78 Å². The zero-order valence-corrected chi connectivity index (χ0v) is 7.66. The van der Waals surface area contributed by atoms with Gasteiger partial charge in [-0.3, -0.25) is 4.79 Å². The Balaban J connectivity index is 2.34. The van der Waals surface area contributed by atoms with Crippen molar-refractivity contribution < 1.29 is 9.90 Å². The first-order valence-electron chi connectivity index (χ1n) is 4.43. The molecule has 4 nitrogen and oxygen atoms in total. The number of aliphatic hydroxyl groups is 1. The Hall–Kier alpha value is -1.16. The lowest BCUT2D eigenvalue weighted by molar-refractivity contribution is -0.119. The van der Waals surface area contributed by atoms with Crippen LogP contribution < -0.4 is 0 Å². The summed E-state index contributed by atoms with van der Waals surface area (Å²) in [6.45, 7) is 1.82. The van der Waals surface area contributed by atoms with Crippen molar-refractivity contribution in [2.24, 2.45) is 0 Å². The maximum atomic E-state index is 10.9. The van der Waals surface area contributed by atoms with Crippen molar-refractivity contribution in [2.45, 2.75) is 32.3 Å². The molecule has 0 saturated heterocycles. The molecule has 0 fully saturated rings. The lowest BCUT2D eigenvalue weighted by Crippen LogP contribution is -2.03. The predicted molar refractivity (Wildman–Crippen MR) is 48.1 cm³/mol. The quantitative estimate of drug-likeness (QED) is 0.719. The van der Waals surface area contributed by atoms with Crippen LogP contribution in [0.1, 0.15) is 38.1 Å². The molecule has 0 saturated carbocycles. The smallest absolute Gasteiger partial charge is 0.135 e. The van der Waals surface area contributed by atoms with Crippen molar-refractivity contribution in [1.29, 1.82) is 0 Å². The van der Waals surface area contributed by atoms with Gasteiger partial charge in [-0.1, -0.05) is 6.92 Å². The number of ketones is 1. The Bertz CT molecular complexity index is 257. The number of aliphatic hydroxyl groups excluding tert-OH is 1. The van der Waals surface area contributed by atoms with Crippen LogP contribution >= 0.6 is 0 Å². The van der Waals surface area contributed by atoms with Crippen LogP contribution in [0.25, 0.3) is 0 Å². The highest BCUT2D eigenvalue weighted by molar-refractivity contribution is 5.77. The number of hydrogen-bond acceptors (Lipinski definition) is 3. The van der Waals surface area contributed by atoms with Gasteiger partial charge in [0.05, 0.1) is 0 Å². The summed E-state index contributed by atoms with van der Waals surface area (Å²) in [5.74, 6) is 0.703. The van der Waals surface area contributed by atoms with E-state index in [9.17, 15) is 9.90 Å². The summed E-state index contributed by atoms with van der Waals surface area (Å²) in [4.78, 5) is 17.7. The standard InChI is InChI=1S/C9H14N2O2/c1-2-7(12)3-4-8(13)9-10-5-6-11-9/h5-6,8,13H,2-4H2,1H3,(H,10,11). The van der Waals surface area contributed by atoms with Crippen LogP contribution in [0.15, 0.2) is 12.4 Å². The first-order chi connectivity index (χ1) is 6.24. The molecule has 0 aliphatic heterocycles. The molecule has 1 aromatic rings. The number of hydrogen-bond donors (Lipinski definition) is 2. The van der Waals surface area contributed by atoms with E-state index in [-0.39, 0.29) is 5.78 Å². The van der Waals surface area contributed by atoms with Crippen LogP contribution in [0.5, 0.6) is 0 Å². The fourth-order valence-electron chi connectivity index (χ4n) is 1.07. The predicted octanol–water partition coefficient (Wildman–Crippen LogP) is 1.20. The molecule has 0 amide bonds. The third-order valence-electron chi connectivity index (χ3n) is 1.93. The second-order valence-electron chi connectivity index (χ2n) is 2.92. The minimum atomic E-state index is -0.648. The second-order valence-corrected chi connectivity index (χ2v) is 2.92. The Morgan fingerprint density at radius 2 is 2.54 bits per heavy atom. The van der Waals surface area contributed by atoms with Crippen LogP contribution in [-0.2, 0) is 4.79 Å². The number of carbonyl (C=O) groups is 1. The SMILES string of the molecule is CCC(=O)CCC(O)c1ncc[nH]1. The molecule has 13 heavy (non-hydrogen) atoms. The topological polar surface area (TPSA) is 66.0 Å². The highest BCUT2D eigenvalue weighted by atomic mass is 16.3. The molecule has 0 spiro atoms. The number of H-pyrrole nitrogens is 1. The van der Waals surface area contributed by atoms with E-state index in [1.54, 1.807) is 12.4 Å². The fraction of sp³-hybridized carbons (Fsp3) is 0.556. The largest absolute Gasteiger partial charge is 0.385 e. The average molecular weight is 182 g/mol.